The first kappa shape index (κ1) is 13.9. The first-order chi connectivity index (χ1) is 8.54. The van der Waals surface area contributed by atoms with E-state index in [1.54, 1.807) is 6.92 Å². The molecule has 2 rings (SSSR count). The summed E-state index contributed by atoms with van der Waals surface area (Å²) >= 11 is 0. The normalized spacial score (nSPS) is 39.6. The smallest absolute Gasteiger partial charge is 0.173 e. The van der Waals surface area contributed by atoms with Crippen LogP contribution in [0.15, 0.2) is 0 Å². The van der Waals surface area contributed by atoms with Gasteiger partial charge in [0, 0.05) is 13.0 Å². The average molecular weight is 260 g/mol. The summed E-state index contributed by atoms with van der Waals surface area (Å²) in [5, 5.41) is 18.4. The Morgan fingerprint density at radius 2 is 2.22 bits per heavy atom. The minimum atomic E-state index is -0.998. The average Bonchev–Trinajstić information content (AvgIpc) is 2.67. The van der Waals surface area contributed by atoms with Crippen molar-refractivity contribution >= 4 is 5.78 Å². The maximum absolute atomic E-state index is 11.7. The van der Waals surface area contributed by atoms with Crippen molar-refractivity contribution in [3.8, 4) is 0 Å². The molecule has 0 amide bonds. The van der Waals surface area contributed by atoms with Crippen LogP contribution in [0.1, 0.15) is 26.2 Å². The number of hydrogen-bond donors (Lipinski definition) is 2. The highest BCUT2D eigenvalue weighted by Crippen LogP contribution is 2.32. The number of hydrogen-bond acceptors (Lipinski definition) is 6. The van der Waals surface area contributed by atoms with E-state index in [-0.39, 0.29) is 31.5 Å². The fraction of sp³-hybridized carbons (Fsp3) is 0.917. The van der Waals surface area contributed by atoms with Crippen LogP contribution >= 0.6 is 0 Å². The molecule has 2 aliphatic rings. The maximum atomic E-state index is 11.7. The second kappa shape index (κ2) is 5.63. The monoisotopic (exact) mass is 260 g/mol. The minimum Gasteiger partial charge on any atom is -0.396 e. The van der Waals surface area contributed by atoms with Crippen molar-refractivity contribution in [2.75, 3.05) is 19.8 Å². The lowest BCUT2D eigenvalue weighted by atomic mass is 10.0. The van der Waals surface area contributed by atoms with Gasteiger partial charge in [0.1, 0.15) is 24.1 Å². The third-order valence-electron chi connectivity index (χ3n) is 3.30. The Bertz CT molecular complexity index is 307. The van der Waals surface area contributed by atoms with Gasteiger partial charge < -0.3 is 24.4 Å². The van der Waals surface area contributed by atoms with Crippen LogP contribution in [0.4, 0.5) is 0 Å². The van der Waals surface area contributed by atoms with Gasteiger partial charge in [0.2, 0.25) is 0 Å². The summed E-state index contributed by atoms with van der Waals surface area (Å²) in [6.45, 7) is 2.27. The van der Waals surface area contributed by atoms with Crippen LogP contribution in [0, 0.1) is 0 Å². The zero-order chi connectivity index (χ0) is 13.2. The van der Waals surface area contributed by atoms with Crippen molar-refractivity contribution < 1.29 is 29.2 Å². The summed E-state index contributed by atoms with van der Waals surface area (Å²) in [7, 11) is 0. The molecule has 2 N–H and O–H groups in total. The second-order valence-electron chi connectivity index (χ2n) is 5.01. The molecular weight excluding hydrogens is 240 g/mol. The van der Waals surface area contributed by atoms with E-state index in [0.29, 0.717) is 19.4 Å². The quantitative estimate of drug-likeness (QED) is 0.700. The standard InChI is InChI=1S/C12H20O6/c1-12(5-8(14)3-2-4-13)17-7-10-11(18-12)9(15)6-16-10/h9-11,13,15H,2-7H2,1H3. The van der Waals surface area contributed by atoms with E-state index in [1.165, 1.54) is 0 Å². The largest absolute Gasteiger partial charge is 0.396 e. The highest BCUT2D eigenvalue weighted by atomic mass is 16.7. The molecule has 6 nitrogen and oxygen atoms in total. The lowest BCUT2D eigenvalue weighted by molar-refractivity contribution is -0.308. The van der Waals surface area contributed by atoms with Crippen LogP contribution in [-0.2, 0) is 19.0 Å². The zero-order valence-corrected chi connectivity index (χ0v) is 10.5. The fourth-order valence-electron chi connectivity index (χ4n) is 2.35. The number of ether oxygens (including phenoxy) is 3. The molecule has 2 saturated heterocycles. The molecule has 0 aliphatic carbocycles. The molecule has 2 fully saturated rings. The van der Waals surface area contributed by atoms with Crippen molar-refractivity contribution in [3.05, 3.63) is 0 Å². The molecule has 2 aliphatic heterocycles. The molecule has 0 bridgehead atoms. The first-order valence-electron chi connectivity index (χ1n) is 6.28. The van der Waals surface area contributed by atoms with Gasteiger partial charge >= 0.3 is 0 Å². The summed E-state index contributed by atoms with van der Waals surface area (Å²) in [5.41, 5.74) is 0. The van der Waals surface area contributed by atoms with Crippen LogP contribution in [0.2, 0.25) is 0 Å². The molecule has 0 aromatic carbocycles. The molecule has 18 heavy (non-hydrogen) atoms. The van der Waals surface area contributed by atoms with Crippen LogP contribution < -0.4 is 0 Å². The molecule has 6 heteroatoms. The summed E-state index contributed by atoms with van der Waals surface area (Å²) in [5.74, 6) is -1.01. The number of rotatable bonds is 5. The van der Waals surface area contributed by atoms with Crippen molar-refractivity contribution in [1.82, 2.24) is 0 Å². The highest BCUT2D eigenvalue weighted by Gasteiger charge is 2.47. The predicted octanol–water partition coefficient (Wildman–Crippen LogP) is -0.391. The molecule has 4 atom stereocenters. The van der Waals surface area contributed by atoms with Gasteiger partial charge in [-0.25, -0.2) is 0 Å². The first-order valence-corrected chi connectivity index (χ1v) is 6.28. The van der Waals surface area contributed by atoms with E-state index in [1.807, 2.05) is 0 Å². The Hall–Kier alpha value is -0.530. The van der Waals surface area contributed by atoms with E-state index in [9.17, 15) is 9.90 Å². The number of Topliss-reactive ketones (excluding diaryl/α,β-unsaturated/α-hetero) is 1. The number of fused-ring (bicyclic) bond motifs is 1. The fourth-order valence-corrected chi connectivity index (χ4v) is 2.35. The summed E-state index contributed by atoms with van der Waals surface area (Å²) in [4.78, 5) is 11.7. The molecule has 0 aromatic heterocycles. The van der Waals surface area contributed by atoms with Crippen LogP contribution in [-0.4, -0.2) is 59.9 Å². The summed E-state index contributed by atoms with van der Waals surface area (Å²) < 4.78 is 16.5. The highest BCUT2D eigenvalue weighted by molar-refractivity contribution is 5.79. The minimum absolute atomic E-state index is 0.00141. The van der Waals surface area contributed by atoms with Gasteiger partial charge in [-0.2, -0.15) is 0 Å². The molecule has 0 aromatic rings. The number of carbonyl (C=O) groups is 1. The molecular formula is C12H20O6. The number of aliphatic hydroxyl groups is 2. The zero-order valence-electron chi connectivity index (χ0n) is 10.5. The lowest BCUT2D eigenvalue weighted by Gasteiger charge is -2.40. The number of aliphatic hydroxyl groups excluding tert-OH is 2. The van der Waals surface area contributed by atoms with Gasteiger partial charge in [0.05, 0.1) is 19.6 Å². The van der Waals surface area contributed by atoms with Crippen molar-refractivity contribution in [2.45, 2.75) is 50.3 Å². The van der Waals surface area contributed by atoms with Crippen molar-refractivity contribution in [1.29, 1.82) is 0 Å². The molecule has 0 saturated carbocycles. The van der Waals surface area contributed by atoms with E-state index >= 15 is 0 Å². The molecule has 0 spiro atoms. The van der Waals surface area contributed by atoms with E-state index in [0.717, 1.165) is 0 Å². The maximum Gasteiger partial charge on any atom is 0.173 e. The summed E-state index contributed by atoms with van der Waals surface area (Å²) in [6.07, 6.45) is -0.442. The van der Waals surface area contributed by atoms with Gasteiger partial charge in [-0.3, -0.25) is 4.79 Å². The van der Waals surface area contributed by atoms with E-state index < -0.39 is 18.0 Å². The van der Waals surface area contributed by atoms with Gasteiger partial charge in [-0.05, 0) is 13.3 Å². The van der Waals surface area contributed by atoms with Gasteiger partial charge in [-0.15, -0.1) is 0 Å². The predicted molar refractivity (Wildman–Crippen MR) is 60.9 cm³/mol. The second-order valence-corrected chi connectivity index (χ2v) is 5.01. The van der Waals surface area contributed by atoms with Crippen molar-refractivity contribution in [3.63, 3.8) is 0 Å². The Morgan fingerprint density at radius 3 is 2.94 bits per heavy atom. The molecule has 104 valence electrons. The SMILES string of the molecule is CC1(CC(=O)CCCO)OCC2OCC(O)C2O1. The summed E-state index contributed by atoms with van der Waals surface area (Å²) in [6, 6.07) is 0. The molecule has 4 unspecified atom stereocenters. The molecule has 0 radical (unpaired) electrons. The topological polar surface area (TPSA) is 85.2 Å². The van der Waals surface area contributed by atoms with Crippen LogP contribution in [0.5, 0.6) is 0 Å². The van der Waals surface area contributed by atoms with Gasteiger partial charge in [0.25, 0.3) is 0 Å². The van der Waals surface area contributed by atoms with Crippen LogP contribution in [0.25, 0.3) is 0 Å². The van der Waals surface area contributed by atoms with Gasteiger partial charge in [-0.1, -0.05) is 0 Å². The van der Waals surface area contributed by atoms with Crippen LogP contribution in [0.3, 0.4) is 0 Å². The Balaban J connectivity index is 1.89. The molecule has 2 heterocycles. The number of ketones is 1. The number of carbonyl (C=O) groups excluding carboxylic acids is 1. The lowest BCUT2D eigenvalue weighted by Crippen LogP contribution is -2.52. The van der Waals surface area contributed by atoms with E-state index in [4.69, 9.17) is 19.3 Å². The third kappa shape index (κ3) is 3.07. The Labute approximate surface area is 106 Å². The Kier molecular flexibility index (Phi) is 4.34. The Morgan fingerprint density at radius 1 is 1.44 bits per heavy atom. The van der Waals surface area contributed by atoms with Gasteiger partial charge in [0.15, 0.2) is 5.79 Å². The van der Waals surface area contributed by atoms with E-state index in [2.05, 4.69) is 0 Å². The third-order valence-corrected chi connectivity index (χ3v) is 3.30. The van der Waals surface area contributed by atoms with Crippen molar-refractivity contribution in [2.24, 2.45) is 0 Å².